The monoisotopic (exact) mass is 371 g/mol. The highest BCUT2D eigenvalue weighted by Crippen LogP contribution is 2.34. The van der Waals surface area contributed by atoms with E-state index in [2.05, 4.69) is 0 Å². The van der Waals surface area contributed by atoms with Crippen LogP contribution in [0.2, 0.25) is 0 Å². The third-order valence-electron chi connectivity index (χ3n) is 4.33. The Bertz CT molecular complexity index is 909. The van der Waals surface area contributed by atoms with E-state index in [-0.39, 0.29) is 23.3 Å². The predicted molar refractivity (Wildman–Crippen MR) is 93.5 cm³/mol. The number of benzene rings is 2. The highest BCUT2D eigenvalue weighted by molar-refractivity contribution is 5.94. The quantitative estimate of drug-likeness (QED) is 0.469. The van der Waals surface area contributed by atoms with Crippen molar-refractivity contribution in [3.8, 4) is 5.75 Å². The third kappa shape index (κ3) is 3.89. The van der Waals surface area contributed by atoms with Gasteiger partial charge in [-0.15, -0.1) is 0 Å². The van der Waals surface area contributed by atoms with Crippen molar-refractivity contribution in [1.29, 1.82) is 0 Å². The zero-order valence-corrected chi connectivity index (χ0v) is 14.5. The largest absolute Gasteiger partial charge is 0.507 e. The Kier molecular flexibility index (Phi) is 5.07. The Morgan fingerprint density at radius 3 is 2.78 bits per heavy atom. The van der Waals surface area contributed by atoms with E-state index >= 15 is 0 Å². The summed E-state index contributed by atoms with van der Waals surface area (Å²) in [5.74, 6) is -1.66. The minimum absolute atomic E-state index is 0.148. The first-order chi connectivity index (χ1) is 12.9. The van der Waals surface area contributed by atoms with E-state index in [1.807, 2.05) is 12.1 Å². The molecule has 8 nitrogen and oxygen atoms in total. The van der Waals surface area contributed by atoms with Crippen LogP contribution in [0.5, 0.6) is 5.75 Å². The lowest BCUT2D eigenvalue weighted by molar-refractivity contribution is -0.384. The van der Waals surface area contributed by atoms with E-state index in [4.69, 9.17) is 9.47 Å². The van der Waals surface area contributed by atoms with Gasteiger partial charge in [-0.3, -0.25) is 10.1 Å². The van der Waals surface area contributed by atoms with Crippen molar-refractivity contribution in [2.45, 2.75) is 32.0 Å². The van der Waals surface area contributed by atoms with Crippen molar-refractivity contribution in [1.82, 2.24) is 0 Å². The molecule has 2 unspecified atom stereocenters. The third-order valence-corrected chi connectivity index (χ3v) is 4.33. The van der Waals surface area contributed by atoms with Crippen LogP contribution in [0.4, 0.5) is 5.69 Å². The van der Waals surface area contributed by atoms with Crippen LogP contribution in [-0.2, 0) is 9.47 Å². The molecule has 0 saturated heterocycles. The fourth-order valence-electron chi connectivity index (χ4n) is 2.93. The number of rotatable bonds is 6. The van der Waals surface area contributed by atoms with Crippen LogP contribution < -0.4 is 0 Å². The summed E-state index contributed by atoms with van der Waals surface area (Å²) in [7, 11) is 0. The minimum atomic E-state index is -0.779. The van der Waals surface area contributed by atoms with Gasteiger partial charge in [0.25, 0.3) is 5.69 Å². The van der Waals surface area contributed by atoms with Gasteiger partial charge in [0, 0.05) is 11.6 Å². The van der Waals surface area contributed by atoms with E-state index in [0.717, 1.165) is 23.8 Å². The molecule has 0 spiro atoms. The van der Waals surface area contributed by atoms with Crippen molar-refractivity contribution in [2.24, 2.45) is 0 Å². The molecule has 0 radical (unpaired) electrons. The van der Waals surface area contributed by atoms with E-state index < -0.39 is 22.7 Å². The minimum Gasteiger partial charge on any atom is -0.507 e. The molecule has 27 heavy (non-hydrogen) atoms. The molecule has 1 N–H and O–H groups in total. The van der Waals surface area contributed by atoms with Gasteiger partial charge in [0.1, 0.15) is 17.4 Å². The molecule has 3 rings (SSSR count). The van der Waals surface area contributed by atoms with Crippen LogP contribution in [0, 0.1) is 10.1 Å². The van der Waals surface area contributed by atoms with Gasteiger partial charge < -0.3 is 14.6 Å². The number of esters is 2. The molecule has 2 atom stereocenters. The van der Waals surface area contributed by atoms with Crippen LogP contribution in [0.3, 0.4) is 0 Å². The van der Waals surface area contributed by atoms with Crippen molar-refractivity contribution >= 4 is 17.6 Å². The molecule has 0 fully saturated rings. The number of phenolic OH excluding ortho intramolecular Hbond substituents is 1. The van der Waals surface area contributed by atoms with Crippen LogP contribution in [0.1, 0.15) is 52.1 Å². The number of carbonyl (C=O) groups is 2. The first-order valence-corrected chi connectivity index (χ1v) is 8.35. The van der Waals surface area contributed by atoms with Gasteiger partial charge in [-0.1, -0.05) is 18.2 Å². The molecule has 1 heterocycles. The number of hydrogen-bond donors (Lipinski definition) is 1. The Morgan fingerprint density at radius 1 is 1.33 bits per heavy atom. The van der Waals surface area contributed by atoms with Gasteiger partial charge in [0.05, 0.1) is 22.7 Å². The lowest BCUT2D eigenvalue weighted by Crippen LogP contribution is -2.16. The molecule has 1 aliphatic heterocycles. The summed E-state index contributed by atoms with van der Waals surface area (Å²) in [6.07, 6.45) is 0.0241. The van der Waals surface area contributed by atoms with Gasteiger partial charge in [-0.2, -0.15) is 0 Å². The molecule has 0 aliphatic carbocycles. The summed E-state index contributed by atoms with van der Waals surface area (Å²) in [4.78, 5) is 34.0. The van der Waals surface area contributed by atoms with Crippen molar-refractivity contribution < 1.29 is 29.1 Å². The maximum Gasteiger partial charge on any atom is 0.342 e. The van der Waals surface area contributed by atoms with Crippen molar-refractivity contribution in [3.05, 3.63) is 69.3 Å². The van der Waals surface area contributed by atoms with Crippen LogP contribution >= 0.6 is 0 Å². The van der Waals surface area contributed by atoms with Crippen molar-refractivity contribution in [3.63, 3.8) is 0 Å². The molecular formula is C19H17NO7. The zero-order chi connectivity index (χ0) is 19.6. The SMILES string of the molecule is CC(CCC1OC(=O)c2ccccc21)OC(=O)c1ccc([N+](=O)[O-])cc1O. The van der Waals surface area contributed by atoms with Crippen LogP contribution in [0.25, 0.3) is 0 Å². The van der Waals surface area contributed by atoms with Gasteiger partial charge in [0.2, 0.25) is 0 Å². The second kappa shape index (κ2) is 7.45. The first kappa shape index (κ1) is 18.4. The van der Waals surface area contributed by atoms with Gasteiger partial charge in [-0.25, -0.2) is 9.59 Å². The highest BCUT2D eigenvalue weighted by Gasteiger charge is 2.30. The average molecular weight is 371 g/mol. The normalized spacial score (nSPS) is 16.3. The molecule has 8 heteroatoms. The summed E-state index contributed by atoms with van der Waals surface area (Å²) in [5, 5.41) is 20.5. The standard InChI is InChI=1S/C19H17NO7/c1-11(6-9-17-13-4-2-3-5-14(13)18(22)27-17)26-19(23)15-8-7-12(20(24)25)10-16(15)21/h2-5,7-8,10-11,17,21H,6,9H2,1H3. The number of carbonyl (C=O) groups excluding carboxylic acids is 2. The van der Waals surface area contributed by atoms with Gasteiger partial charge in [-0.05, 0) is 31.9 Å². The number of hydrogen-bond acceptors (Lipinski definition) is 7. The van der Waals surface area contributed by atoms with Crippen LogP contribution in [-0.4, -0.2) is 28.1 Å². The number of cyclic esters (lactones) is 1. The number of nitro benzene ring substituents is 1. The maximum absolute atomic E-state index is 12.2. The number of ether oxygens (including phenoxy) is 2. The zero-order valence-electron chi connectivity index (χ0n) is 14.5. The maximum atomic E-state index is 12.2. The summed E-state index contributed by atoms with van der Waals surface area (Å²) >= 11 is 0. The van der Waals surface area contributed by atoms with E-state index in [1.54, 1.807) is 19.1 Å². The molecule has 2 aromatic rings. The molecule has 0 bridgehead atoms. The first-order valence-electron chi connectivity index (χ1n) is 8.35. The number of nitro groups is 1. The highest BCUT2D eigenvalue weighted by atomic mass is 16.6. The fourth-order valence-corrected chi connectivity index (χ4v) is 2.93. The number of phenols is 1. The molecular weight excluding hydrogens is 354 g/mol. The van der Waals surface area contributed by atoms with Crippen molar-refractivity contribution in [2.75, 3.05) is 0 Å². The predicted octanol–water partition coefficient (Wildman–Crippen LogP) is 3.54. The van der Waals surface area contributed by atoms with E-state index in [0.29, 0.717) is 18.4 Å². The lowest BCUT2D eigenvalue weighted by Gasteiger charge is -2.16. The van der Waals surface area contributed by atoms with Crippen LogP contribution in [0.15, 0.2) is 42.5 Å². The molecule has 140 valence electrons. The molecule has 1 aliphatic rings. The Hall–Kier alpha value is -3.42. The fraction of sp³-hybridized carbons (Fsp3) is 0.263. The summed E-state index contributed by atoms with van der Waals surface area (Å²) < 4.78 is 10.6. The summed E-state index contributed by atoms with van der Waals surface area (Å²) in [5.41, 5.74) is 0.890. The Balaban J connectivity index is 1.58. The number of nitrogens with zero attached hydrogens (tertiary/aromatic N) is 1. The lowest BCUT2D eigenvalue weighted by atomic mass is 10.0. The second-order valence-electron chi connectivity index (χ2n) is 6.23. The van der Waals surface area contributed by atoms with E-state index in [1.165, 1.54) is 0 Å². The molecule has 0 saturated carbocycles. The smallest absolute Gasteiger partial charge is 0.342 e. The Morgan fingerprint density at radius 2 is 2.07 bits per heavy atom. The molecule has 0 amide bonds. The number of non-ortho nitro benzene ring substituents is 1. The number of fused-ring (bicyclic) bond motifs is 1. The molecule has 0 aromatic heterocycles. The Labute approximate surface area is 154 Å². The number of aromatic hydroxyl groups is 1. The van der Waals surface area contributed by atoms with E-state index in [9.17, 15) is 24.8 Å². The molecule has 2 aromatic carbocycles. The van der Waals surface area contributed by atoms with Gasteiger partial charge >= 0.3 is 11.9 Å². The summed E-state index contributed by atoms with van der Waals surface area (Å²) in [6.45, 7) is 1.68. The van der Waals surface area contributed by atoms with Gasteiger partial charge in [0.15, 0.2) is 0 Å². The average Bonchev–Trinajstić information content (AvgIpc) is 2.96. The topological polar surface area (TPSA) is 116 Å². The second-order valence-corrected chi connectivity index (χ2v) is 6.23. The summed E-state index contributed by atoms with van der Waals surface area (Å²) in [6, 6.07) is 10.3.